The van der Waals surface area contributed by atoms with Gasteiger partial charge in [0.25, 0.3) is 5.56 Å². The van der Waals surface area contributed by atoms with Gasteiger partial charge in [0.15, 0.2) is 6.04 Å². The molecule has 31 heavy (non-hydrogen) atoms. The number of hydrogen-bond acceptors (Lipinski definition) is 4. The van der Waals surface area contributed by atoms with Crippen molar-refractivity contribution in [2.45, 2.75) is 78.3 Å². The summed E-state index contributed by atoms with van der Waals surface area (Å²) in [7, 11) is 0. The van der Waals surface area contributed by atoms with E-state index in [1.807, 2.05) is 4.68 Å². The summed E-state index contributed by atoms with van der Waals surface area (Å²) in [6.45, 7) is 12.6. The SMILES string of the molecule is CCC(C)(C)n1nnnc1[C@H](c1cc2ccc(C)c(C)c2[nH]c1=O)[NH+]1CCCCCC1. The predicted octanol–water partition coefficient (Wildman–Crippen LogP) is 2.82. The first-order valence-electron chi connectivity index (χ1n) is 11.6. The number of pyridine rings is 1. The summed E-state index contributed by atoms with van der Waals surface area (Å²) >= 11 is 0. The van der Waals surface area contributed by atoms with Gasteiger partial charge in [-0.3, -0.25) is 4.79 Å². The minimum absolute atomic E-state index is 0.0354. The van der Waals surface area contributed by atoms with Gasteiger partial charge < -0.3 is 9.88 Å². The van der Waals surface area contributed by atoms with E-state index in [-0.39, 0.29) is 17.1 Å². The Balaban J connectivity index is 1.92. The van der Waals surface area contributed by atoms with Gasteiger partial charge in [0, 0.05) is 0 Å². The molecule has 3 heterocycles. The number of tetrazole rings is 1. The molecule has 1 aliphatic rings. The molecule has 2 aromatic heterocycles. The summed E-state index contributed by atoms with van der Waals surface area (Å²) < 4.78 is 1.94. The van der Waals surface area contributed by atoms with Crippen LogP contribution >= 0.6 is 0 Å². The van der Waals surface area contributed by atoms with Crippen LogP contribution in [-0.4, -0.2) is 38.3 Å². The van der Waals surface area contributed by atoms with Crippen LogP contribution in [0.5, 0.6) is 0 Å². The number of H-pyrrole nitrogens is 1. The van der Waals surface area contributed by atoms with Crippen LogP contribution in [0.15, 0.2) is 23.0 Å². The molecule has 0 radical (unpaired) electrons. The fraction of sp³-hybridized carbons (Fsp3) is 0.583. The minimum Gasteiger partial charge on any atom is -0.322 e. The Hall–Kier alpha value is -2.54. The molecule has 7 heteroatoms. The topological polar surface area (TPSA) is 80.9 Å². The highest BCUT2D eigenvalue weighted by atomic mass is 16.1. The number of aromatic amines is 1. The molecule has 4 rings (SSSR count). The van der Waals surface area contributed by atoms with E-state index in [0.717, 1.165) is 60.2 Å². The van der Waals surface area contributed by atoms with Crippen LogP contribution in [0.3, 0.4) is 0 Å². The lowest BCUT2D eigenvalue weighted by Gasteiger charge is -2.30. The third-order valence-electron chi connectivity index (χ3n) is 7.24. The monoisotopic (exact) mass is 423 g/mol. The lowest BCUT2D eigenvalue weighted by atomic mass is 9.98. The smallest absolute Gasteiger partial charge is 0.258 e. The van der Waals surface area contributed by atoms with Crippen LogP contribution in [0, 0.1) is 13.8 Å². The largest absolute Gasteiger partial charge is 0.322 e. The van der Waals surface area contributed by atoms with E-state index < -0.39 is 0 Å². The molecular weight excluding hydrogens is 388 g/mol. The summed E-state index contributed by atoms with van der Waals surface area (Å²) in [5, 5.41) is 14.0. The second kappa shape index (κ2) is 8.54. The molecule has 0 unspecified atom stereocenters. The van der Waals surface area contributed by atoms with Crippen molar-refractivity contribution in [2.75, 3.05) is 13.1 Å². The lowest BCUT2D eigenvalue weighted by Crippen LogP contribution is -3.12. The highest BCUT2D eigenvalue weighted by molar-refractivity contribution is 5.83. The number of fused-ring (bicyclic) bond motifs is 1. The highest BCUT2D eigenvalue weighted by Gasteiger charge is 2.37. The van der Waals surface area contributed by atoms with E-state index in [9.17, 15) is 4.79 Å². The van der Waals surface area contributed by atoms with E-state index in [4.69, 9.17) is 0 Å². The van der Waals surface area contributed by atoms with Gasteiger partial charge >= 0.3 is 0 Å². The maximum absolute atomic E-state index is 13.4. The molecule has 0 saturated carbocycles. The van der Waals surface area contributed by atoms with Gasteiger partial charge in [-0.1, -0.05) is 19.1 Å². The van der Waals surface area contributed by atoms with Crippen LogP contribution in [0.1, 0.15) is 81.4 Å². The average molecular weight is 424 g/mol. The first-order valence-corrected chi connectivity index (χ1v) is 11.6. The third-order valence-corrected chi connectivity index (χ3v) is 7.24. The maximum Gasteiger partial charge on any atom is 0.258 e. The van der Waals surface area contributed by atoms with Crippen molar-refractivity contribution >= 4 is 10.9 Å². The van der Waals surface area contributed by atoms with Crippen LogP contribution in [0.25, 0.3) is 10.9 Å². The van der Waals surface area contributed by atoms with E-state index in [0.29, 0.717) is 0 Å². The van der Waals surface area contributed by atoms with Gasteiger partial charge in [0.2, 0.25) is 5.82 Å². The van der Waals surface area contributed by atoms with Crippen molar-refractivity contribution in [1.29, 1.82) is 0 Å². The summed E-state index contributed by atoms with van der Waals surface area (Å²) in [6, 6.07) is 6.11. The summed E-state index contributed by atoms with van der Waals surface area (Å²) in [5.74, 6) is 0.789. The Labute approximate surface area is 183 Å². The number of aromatic nitrogens is 5. The van der Waals surface area contributed by atoms with Gasteiger partial charge in [0.1, 0.15) is 0 Å². The predicted molar refractivity (Wildman–Crippen MR) is 122 cm³/mol. The standard InChI is InChI=1S/C24H34N6O/c1-6-24(4,5)30-22(26-27-28-30)21(29-13-9-7-8-10-14-29)19-15-18-12-11-16(2)17(3)20(18)25-23(19)31/h11-12,15,21H,6-10,13-14H2,1-5H3,(H,25,31)/p+1/t21-/m0/s1. The molecule has 1 saturated heterocycles. The number of aryl methyl sites for hydroxylation is 2. The first kappa shape index (κ1) is 21.7. The molecule has 0 aliphatic carbocycles. The fourth-order valence-corrected chi connectivity index (χ4v) is 4.72. The van der Waals surface area contributed by atoms with E-state index in [2.05, 4.69) is 73.3 Å². The number of likely N-dealkylation sites (tertiary alicyclic amines) is 1. The first-order chi connectivity index (χ1) is 14.8. The van der Waals surface area contributed by atoms with Crippen LogP contribution < -0.4 is 10.5 Å². The zero-order valence-electron chi connectivity index (χ0n) is 19.5. The quantitative estimate of drug-likeness (QED) is 0.661. The number of quaternary nitrogens is 1. The highest BCUT2D eigenvalue weighted by Crippen LogP contribution is 2.26. The zero-order valence-corrected chi connectivity index (χ0v) is 19.5. The van der Waals surface area contributed by atoms with Gasteiger partial charge in [-0.25, -0.2) is 4.68 Å². The molecule has 1 fully saturated rings. The molecule has 1 aliphatic heterocycles. The average Bonchev–Trinajstić information content (AvgIpc) is 3.09. The molecule has 1 aromatic carbocycles. The second-order valence-electron chi connectivity index (χ2n) is 9.65. The number of benzene rings is 1. The molecule has 0 spiro atoms. The molecule has 166 valence electrons. The van der Waals surface area contributed by atoms with Crippen molar-refractivity contribution in [3.8, 4) is 0 Å². The third kappa shape index (κ3) is 4.03. The summed E-state index contributed by atoms with van der Waals surface area (Å²) in [4.78, 5) is 18.0. The number of rotatable bonds is 5. The zero-order chi connectivity index (χ0) is 22.2. The Kier molecular flexibility index (Phi) is 5.97. The van der Waals surface area contributed by atoms with Gasteiger partial charge in [-0.15, -0.1) is 5.10 Å². The van der Waals surface area contributed by atoms with Gasteiger partial charge in [-0.05, 0) is 92.8 Å². The van der Waals surface area contributed by atoms with Crippen LogP contribution in [0.2, 0.25) is 0 Å². The molecule has 0 amide bonds. The Morgan fingerprint density at radius 2 is 1.87 bits per heavy atom. The van der Waals surface area contributed by atoms with Gasteiger partial charge in [0.05, 0.1) is 29.7 Å². The Morgan fingerprint density at radius 1 is 1.16 bits per heavy atom. The van der Waals surface area contributed by atoms with Gasteiger partial charge in [-0.2, -0.15) is 0 Å². The Bertz CT molecular complexity index is 1120. The fourth-order valence-electron chi connectivity index (χ4n) is 4.72. The van der Waals surface area contributed by atoms with Crippen molar-refractivity contribution in [2.24, 2.45) is 0 Å². The van der Waals surface area contributed by atoms with Crippen molar-refractivity contribution in [3.05, 3.63) is 51.1 Å². The van der Waals surface area contributed by atoms with Crippen molar-refractivity contribution in [3.63, 3.8) is 0 Å². The molecule has 2 N–H and O–H groups in total. The molecule has 1 atom stereocenters. The van der Waals surface area contributed by atoms with Crippen molar-refractivity contribution in [1.82, 2.24) is 25.2 Å². The molecular formula is C24H35N6O+. The lowest BCUT2D eigenvalue weighted by molar-refractivity contribution is -0.925. The van der Waals surface area contributed by atoms with E-state index in [1.54, 1.807) is 0 Å². The number of nitrogens with zero attached hydrogens (tertiary/aromatic N) is 4. The number of hydrogen-bond donors (Lipinski definition) is 2. The van der Waals surface area contributed by atoms with E-state index in [1.165, 1.54) is 23.3 Å². The summed E-state index contributed by atoms with van der Waals surface area (Å²) in [5.41, 5.74) is 3.73. The van der Waals surface area contributed by atoms with Crippen LogP contribution in [-0.2, 0) is 5.54 Å². The molecule has 3 aromatic rings. The maximum atomic E-state index is 13.4. The van der Waals surface area contributed by atoms with Crippen LogP contribution in [0.4, 0.5) is 0 Å². The number of nitrogens with one attached hydrogen (secondary N) is 2. The van der Waals surface area contributed by atoms with E-state index >= 15 is 0 Å². The minimum atomic E-state index is -0.223. The summed E-state index contributed by atoms with van der Waals surface area (Å²) in [6.07, 6.45) is 5.71. The molecule has 7 nitrogen and oxygen atoms in total. The normalized spacial score (nSPS) is 17.1. The second-order valence-corrected chi connectivity index (χ2v) is 9.65. The van der Waals surface area contributed by atoms with Crippen molar-refractivity contribution < 1.29 is 4.90 Å². The Morgan fingerprint density at radius 3 is 2.55 bits per heavy atom. The molecule has 0 bridgehead atoms.